The average molecular weight is 382 g/mol. The van der Waals surface area contributed by atoms with E-state index in [0.29, 0.717) is 0 Å². The second kappa shape index (κ2) is 7.94. The zero-order chi connectivity index (χ0) is 18.6. The van der Waals surface area contributed by atoms with E-state index in [-0.39, 0.29) is 6.61 Å². The van der Waals surface area contributed by atoms with Gasteiger partial charge in [-0.2, -0.15) is 9.49 Å². The highest BCUT2D eigenvalue weighted by molar-refractivity contribution is 7.21. The standard InChI is InChI=1S/C20H19FN4OS/c21-19-7-5-15(11-22-19)17-6-4-14-10-18(27-20(14)24-17)16-12-23-25(13-16)8-2-1-3-9-26/h4-7,10-13,26H,1-3,8-9H2. The molecule has 0 bridgehead atoms. The van der Waals surface area contributed by atoms with Gasteiger partial charge in [0, 0.05) is 46.9 Å². The van der Waals surface area contributed by atoms with Crippen LogP contribution in [-0.2, 0) is 6.54 Å². The highest BCUT2D eigenvalue weighted by Crippen LogP contribution is 2.33. The van der Waals surface area contributed by atoms with Gasteiger partial charge in [-0.05, 0) is 49.6 Å². The van der Waals surface area contributed by atoms with Crippen LogP contribution in [0.4, 0.5) is 4.39 Å². The van der Waals surface area contributed by atoms with Crippen LogP contribution in [0.25, 0.3) is 31.9 Å². The summed E-state index contributed by atoms with van der Waals surface area (Å²) in [6, 6.07) is 9.10. The van der Waals surface area contributed by atoms with E-state index in [1.54, 1.807) is 17.4 Å². The Kier molecular flexibility index (Phi) is 5.22. The number of hydrogen-bond donors (Lipinski definition) is 1. The molecule has 0 radical (unpaired) electrons. The van der Waals surface area contributed by atoms with Gasteiger partial charge in [0.15, 0.2) is 0 Å². The predicted molar refractivity (Wildman–Crippen MR) is 105 cm³/mol. The minimum Gasteiger partial charge on any atom is -0.396 e. The number of fused-ring (bicyclic) bond motifs is 1. The molecule has 4 aromatic heterocycles. The zero-order valence-electron chi connectivity index (χ0n) is 14.7. The SMILES string of the molecule is OCCCCCn1cc(-c2cc3ccc(-c4ccc(F)nc4)nc3s2)cn1. The summed E-state index contributed by atoms with van der Waals surface area (Å²) in [7, 11) is 0. The van der Waals surface area contributed by atoms with E-state index in [9.17, 15) is 4.39 Å². The van der Waals surface area contributed by atoms with Crippen LogP contribution in [0.1, 0.15) is 19.3 Å². The third kappa shape index (κ3) is 4.04. The van der Waals surface area contributed by atoms with Crippen molar-refractivity contribution in [3.63, 3.8) is 0 Å². The molecule has 0 aliphatic rings. The van der Waals surface area contributed by atoms with Gasteiger partial charge in [-0.1, -0.05) is 0 Å². The molecule has 0 saturated carbocycles. The lowest BCUT2D eigenvalue weighted by atomic mass is 10.2. The van der Waals surface area contributed by atoms with E-state index in [4.69, 9.17) is 10.1 Å². The second-order valence-electron chi connectivity index (χ2n) is 6.35. The number of aromatic nitrogens is 4. The Hall–Kier alpha value is -2.64. The third-order valence-electron chi connectivity index (χ3n) is 4.37. The maximum absolute atomic E-state index is 13.0. The number of aliphatic hydroxyl groups is 1. The molecule has 0 aliphatic heterocycles. The largest absolute Gasteiger partial charge is 0.396 e. The molecule has 4 aromatic rings. The van der Waals surface area contributed by atoms with Gasteiger partial charge in [-0.3, -0.25) is 4.68 Å². The fourth-order valence-electron chi connectivity index (χ4n) is 2.92. The molecule has 4 heterocycles. The lowest BCUT2D eigenvalue weighted by Gasteiger charge is -1.99. The molecule has 7 heteroatoms. The van der Waals surface area contributed by atoms with Crippen molar-refractivity contribution in [3.05, 3.63) is 54.9 Å². The molecule has 0 saturated heterocycles. The summed E-state index contributed by atoms with van der Waals surface area (Å²) in [6.45, 7) is 1.10. The van der Waals surface area contributed by atoms with Crippen LogP contribution >= 0.6 is 11.3 Å². The number of unbranched alkanes of at least 4 members (excludes halogenated alkanes) is 2. The smallest absolute Gasteiger partial charge is 0.212 e. The summed E-state index contributed by atoms with van der Waals surface area (Å²) >= 11 is 1.62. The summed E-state index contributed by atoms with van der Waals surface area (Å²) < 4.78 is 15.0. The van der Waals surface area contributed by atoms with Gasteiger partial charge in [0.2, 0.25) is 5.95 Å². The van der Waals surface area contributed by atoms with Gasteiger partial charge in [0.1, 0.15) is 4.83 Å². The molecule has 0 fully saturated rings. The van der Waals surface area contributed by atoms with E-state index in [2.05, 4.69) is 22.3 Å². The van der Waals surface area contributed by atoms with Crippen molar-refractivity contribution < 1.29 is 9.50 Å². The highest BCUT2D eigenvalue weighted by atomic mass is 32.1. The Morgan fingerprint density at radius 1 is 1.04 bits per heavy atom. The van der Waals surface area contributed by atoms with Crippen molar-refractivity contribution >= 4 is 21.6 Å². The van der Waals surface area contributed by atoms with Crippen molar-refractivity contribution in [3.8, 4) is 21.7 Å². The molecule has 0 spiro atoms. The topological polar surface area (TPSA) is 63.8 Å². The second-order valence-corrected chi connectivity index (χ2v) is 7.38. The van der Waals surface area contributed by atoms with Crippen molar-refractivity contribution in [2.75, 3.05) is 6.61 Å². The van der Waals surface area contributed by atoms with E-state index in [1.165, 1.54) is 12.3 Å². The number of pyridine rings is 2. The summed E-state index contributed by atoms with van der Waals surface area (Å²) in [5, 5.41) is 14.3. The Bertz CT molecular complexity index is 1040. The van der Waals surface area contributed by atoms with Crippen LogP contribution in [0.3, 0.4) is 0 Å². The normalized spacial score (nSPS) is 11.3. The number of aryl methyl sites for hydroxylation is 1. The molecule has 0 atom stereocenters. The molecular weight excluding hydrogens is 363 g/mol. The van der Waals surface area contributed by atoms with Crippen LogP contribution in [0.2, 0.25) is 0 Å². The summed E-state index contributed by atoms with van der Waals surface area (Å²) in [4.78, 5) is 10.5. The number of hydrogen-bond acceptors (Lipinski definition) is 5. The molecule has 0 amide bonds. The Morgan fingerprint density at radius 3 is 2.78 bits per heavy atom. The van der Waals surface area contributed by atoms with Crippen LogP contribution in [0.15, 0.2) is 48.9 Å². The van der Waals surface area contributed by atoms with Gasteiger partial charge < -0.3 is 5.11 Å². The van der Waals surface area contributed by atoms with Crippen LogP contribution in [-0.4, -0.2) is 31.5 Å². The van der Waals surface area contributed by atoms with Crippen molar-refractivity contribution in [2.45, 2.75) is 25.8 Å². The zero-order valence-corrected chi connectivity index (χ0v) is 15.5. The average Bonchev–Trinajstić information content (AvgIpc) is 3.32. The van der Waals surface area contributed by atoms with Crippen LogP contribution in [0.5, 0.6) is 0 Å². The minimum atomic E-state index is -0.494. The third-order valence-corrected chi connectivity index (χ3v) is 5.46. The van der Waals surface area contributed by atoms with Gasteiger partial charge >= 0.3 is 0 Å². The minimum absolute atomic E-state index is 0.245. The first-order chi connectivity index (χ1) is 13.2. The Labute approximate surface area is 160 Å². The molecule has 138 valence electrons. The first-order valence-corrected chi connectivity index (χ1v) is 9.71. The maximum Gasteiger partial charge on any atom is 0.212 e. The fourth-order valence-corrected chi connectivity index (χ4v) is 3.93. The molecule has 5 nitrogen and oxygen atoms in total. The van der Waals surface area contributed by atoms with Gasteiger partial charge in [0.25, 0.3) is 0 Å². The van der Waals surface area contributed by atoms with Crippen molar-refractivity contribution in [2.24, 2.45) is 0 Å². The van der Waals surface area contributed by atoms with Gasteiger partial charge in [-0.25, -0.2) is 9.97 Å². The summed E-state index contributed by atoms with van der Waals surface area (Å²) in [6.07, 6.45) is 8.27. The number of nitrogens with zero attached hydrogens (tertiary/aromatic N) is 4. The molecule has 1 N–H and O–H groups in total. The molecule has 0 aromatic carbocycles. The monoisotopic (exact) mass is 382 g/mol. The lowest BCUT2D eigenvalue weighted by Crippen LogP contribution is -1.98. The summed E-state index contributed by atoms with van der Waals surface area (Å²) in [5.74, 6) is -0.494. The summed E-state index contributed by atoms with van der Waals surface area (Å²) in [5.41, 5.74) is 2.65. The van der Waals surface area contributed by atoms with Crippen LogP contribution in [0, 0.1) is 5.95 Å². The number of thiophene rings is 1. The predicted octanol–water partition coefficient (Wildman–Crippen LogP) is 4.52. The number of halogens is 1. The molecule has 4 rings (SSSR count). The van der Waals surface area contributed by atoms with E-state index in [1.807, 2.05) is 23.0 Å². The van der Waals surface area contributed by atoms with Gasteiger partial charge in [-0.15, -0.1) is 11.3 Å². The first-order valence-electron chi connectivity index (χ1n) is 8.89. The van der Waals surface area contributed by atoms with E-state index >= 15 is 0 Å². The van der Waals surface area contributed by atoms with E-state index < -0.39 is 5.95 Å². The van der Waals surface area contributed by atoms with E-state index in [0.717, 1.165) is 57.7 Å². The number of aliphatic hydroxyl groups excluding tert-OH is 1. The quantitative estimate of drug-likeness (QED) is 0.377. The number of rotatable bonds is 7. The van der Waals surface area contributed by atoms with Crippen LogP contribution < -0.4 is 0 Å². The Morgan fingerprint density at radius 2 is 1.96 bits per heavy atom. The fraction of sp³-hybridized carbons (Fsp3) is 0.250. The molecule has 0 aliphatic carbocycles. The molecule has 0 unspecified atom stereocenters. The highest BCUT2D eigenvalue weighted by Gasteiger charge is 2.10. The Balaban J connectivity index is 1.55. The van der Waals surface area contributed by atoms with Crippen molar-refractivity contribution in [1.82, 2.24) is 19.7 Å². The molecular formula is C20H19FN4OS. The van der Waals surface area contributed by atoms with Crippen molar-refractivity contribution in [1.29, 1.82) is 0 Å². The van der Waals surface area contributed by atoms with Gasteiger partial charge in [0.05, 0.1) is 11.9 Å². The molecule has 27 heavy (non-hydrogen) atoms. The lowest BCUT2D eigenvalue weighted by molar-refractivity contribution is 0.281. The maximum atomic E-state index is 13.0. The first kappa shape index (κ1) is 17.8.